The minimum absolute atomic E-state index is 0.0238. The highest BCUT2D eigenvalue weighted by Crippen LogP contribution is 2.41. The van der Waals surface area contributed by atoms with Gasteiger partial charge in [0, 0.05) is 17.7 Å². The molecular weight excluding hydrogens is 372 g/mol. The summed E-state index contributed by atoms with van der Waals surface area (Å²) in [4.78, 5) is 14.8. The average molecular weight is 387 g/mol. The summed E-state index contributed by atoms with van der Waals surface area (Å²) < 4.78 is 31.9. The minimum Gasteiger partial charge on any atom is -0.434 e. The van der Waals surface area contributed by atoms with Crippen LogP contribution in [0.15, 0.2) is 54.9 Å². The van der Waals surface area contributed by atoms with E-state index in [4.69, 9.17) is 0 Å². The van der Waals surface area contributed by atoms with Crippen LogP contribution >= 0.6 is 0 Å². The fourth-order valence-electron chi connectivity index (χ4n) is 3.41. The third-order valence-corrected chi connectivity index (χ3v) is 4.61. The van der Waals surface area contributed by atoms with E-state index in [1.807, 2.05) is 0 Å². The van der Waals surface area contributed by atoms with E-state index in [-0.39, 0.29) is 17.5 Å². The van der Waals surface area contributed by atoms with Crippen LogP contribution in [0.2, 0.25) is 0 Å². The highest BCUT2D eigenvalue weighted by atomic mass is 19.3. The largest absolute Gasteiger partial charge is 0.434 e. The summed E-state index contributed by atoms with van der Waals surface area (Å²) >= 11 is 0. The van der Waals surface area contributed by atoms with E-state index in [1.165, 1.54) is 24.5 Å². The lowest BCUT2D eigenvalue weighted by atomic mass is 9.92. The van der Waals surface area contributed by atoms with Gasteiger partial charge in [-0.05, 0) is 18.1 Å². The topological polar surface area (TPSA) is 95.1 Å². The number of halogens is 2. The molecule has 1 aliphatic rings. The SMILES string of the molecule is O=[N+]([O-])c1cccc([C@@H]2C[C@@H](c3ccccc3OC(F)F)n3ncnc3N2)c1. The van der Waals surface area contributed by atoms with Crippen LogP contribution in [0.1, 0.15) is 29.6 Å². The molecule has 0 radical (unpaired) electrons. The van der Waals surface area contributed by atoms with E-state index in [2.05, 4.69) is 20.1 Å². The molecule has 2 aromatic carbocycles. The van der Waals surface area contributed by atoms with Crippen molar-refractivity contribution in [2.45, 2.75) is 25.1 Å². The standard InChI is InChI=1S/C18H15F2N5O3/c19-17(20)28-16-7-2-1-6-13(16)15-9-14(23-18-21-10-22-24(15)18)11-4-3-5-12(8-11)25(26)27/h1-8,10,14-15,17H,9H2,(H,21,22,23)/t14-,15-/m0/s1. The molecule has 0 amide bonds. The summed E-state index contributed by atoms with van der Waals surface area (Å²) in [6.07, 6.45) is 1.78. The predicted molar refractivity (Wildman–Crippen MR) is 95.3 cm³/mol. The molecule has 4 rings (SSSR count). The first-order chi connectivity index (χ1) is 13.5. The van der Waals surface area contributed by atoms with E-state index in [1.54, 1.807) is 35.0 Å². The van der Waals surface area contributed by atoms with Crippen LogP contribution in [-0.4, -0.2) is 26.3 Å². The summed E-state index contributed by atoms with van der Waals surface area (Å²) in [6.45, 7) is -2.95. The van der Waals surface area contributed by atoms with E-state index < -0.39 is 17.6 Å². The van der Waals surface area contributed by atoms with Crippen molar-refractivity contribution in [2.24, 2.45) is 0 Å². The zero-order chi connectivity index (χ0) is 19.7. The fourth-order valence-corrected chi connectivity index (χ4v) is 3.41. The monoisotopic (exact) mass is 387 g/mol. The van der Waals surface area contributed by atoms with Crippen molar-refractivity contribution in [3.8, 4) is 5.75 Å². The van der Waals surface area contributed by atoms with Crippen LogP contribution in [0, 0.1) is 10.1 Å². The zero-order valence-electron chi connectivity index (χ0n) is 14.4. The third kappa shape index (κ3) is 3.36. The zero-order valence-corrected chi connectivity index (χ0v) is 14.4. The lowest BCUT2D eigenvalue weighted by Crippen LogP contribution is -2.28. The van der Waals surface area contributed by atoms with Crippen LogP contribution in [-0.2, 0) is 0 Å². The van der Waals surface area contributed by atoms with Crippen LogP contribution in [0.25, 0.3) is 0 Å². The lowest BCUT2D eigenvalue weighted by molar-refractivity contribution is -0.384. The Morgan fingerprint density at radius 1 is 1.25 bits per heavy atom. The average Bonchev–Trinajstić information content (AvgIpc) is 3.16. The Balaban J connectivity index is 1.74. The summed E-state index contributed by atoms with van der Waals surface area (Å²) in [5.41, 5.74) is 1.21. The van der Waals surface area contributed by atoms with Gasteiger partial charge in [0.15, 0.2) is 0 Å². The van der Waals surface area contributed by atoms with Gasteiger partial charge in [-0.3, -0.25) is 10.1 Å². The lowest BCUT2D eigenvalue weighted by Gasteiger charge is -2.32. The van der Waals surface area contributed by atoms with Gasteiger partial charge in [-0.15, -0.1) is 0 Å². The summed E-state index contributed by atoms with van der Waals surface area (Å²) in [7, 11) is 0. The number of nitrogens with one attached hydrogen (secondary N) is 1. The second kappa shape index (κ2) is 7.22. The summed E-state index contributed by atoms with van der Waals surface area (Å²) in [6, 6.07) is 12.1. The van der Waals surface area contributed by atoms with Crippen LogP contribution in [0.3, 0.4) is 0 Å². The molecule has 0 saturated carbocycles. The van der Waals surface area contributed by atoms with Crippen molar-refractivity contribution in [1.82, 2.24) is 14.8 Å². The third-order valence-electron chi connectivity index (χ3n) is 4.61. The Bertz CT molecular complexity index is 1010. The van der Waals surface area contributed by atoms with E-state index in [9.17, 15) is 18.9 Å². The molecule has 0 saturated heterocycles. The molecule has 28 heavy (non-hydrogen) atoms. The second-order valence-corrected chi connectivity index (χ2v) is 6.25. The molecule has 8 nitrogen and oxygen atoms in total. The van der Waals surface area contributed by atoms with Crippen molar-refractivity contribution in [2.75, 3.05) is 5.32 Å². The number of fused-ring (bicyclic) bond motifs is 1. The Kier molecular flexibility index (Phi) is 4.60. The summed E-state index contributed by atoms with van der Waals surface area (Å²) in [5, 5.41) is 18.5. The maximum Gasteiger partial charge on any atom is 0.387 e. The molecule has 0 fully saturated rings. The van der Waals surface area contributed by atoms with Crippen molar-refractivity contribution in [3.05, 3.63) is 76.1 Å². The summed E-state index contributed by atoms with van der Waals surface area (Å²) in [5.74, 6) is 0.503. The molecule has 144 valence electrons. The van der Waals surface area contributed by atoms with Gasteiger partial charge < -0.3 is 10.1 Å². The molecule has 0 aliphatic carbocycles. The van der Waals surface area contributed by atoms with Gasteiger partial charge in [0.2, 0.25) is 5.95 Å². The smallest absolute Gasteiger partial charge is 0.387 e. The van der Waals surface area contributed by atoms with Gasteiger partial charge >= 0.3 is 6.61 Å². The van der Waals surface area contributed by atoms with Crippen LogP contribution in [0.4, 0.5) is 20.4 Å². The van der Waals surface area contributed by atoms with Crippen molar-refractivity contribution < 1.29 is 18.4 Å². The van der Waals surface area contributed by atoms with Crippen LogP contribution < -0.4 is 10.1 Å². The van der Waals surface area contributed by atoms with Gasteiger partial charge in [0.25, 0.3) is 5.69 Å². The number of alkyl halides is 2. The molecule has 1 N–H and O–H groups in total. The van der Waals surface area contributed by atoms with E-state index >= 15 is 0 Å². The number of non-ortho nitro benzene ring substituents is 1. The number of anilines is 1. The van der Waals surface area contributed by atoms with Gasteiger partial charge in [0.05, 0.1) is 17.0 Å². The number of para-hydroxylation sites is 1. The molecule has 1 aromatic heterocycles. The van der Waals surface area contributed by atoms with Crippen molar-refractivity contribution >= 4 is 11.6 Å². The molecule has 0 spiro atoms. The van der Waals surface area contributed by atoms with Crippen molar-refractivity contribution in [1.29, 1.82) is 0 Å². The number of rotatable bonds is 5. The maximum absolute atomic E-state index is 12.8. The molecule has 1 aliphatic heterocycles. The Labute approximate surface area is 157 Å². The van der Waals surface area contributed by atoms with E-state index in [0.717, 1.165) is 0 Å². The first-order valence-corrected chi connectivity index (χ1v) is 8.47. The van der Waals surface area contributed by atoms with Crippen molar-refractivity contribution in [3.63, 3.8) is 0 Å². The Hall–Kier alpha value is -3.56. The highest BCUT2D eigenvalue weighted by molar-refractivity contribution is 5.44. The Morgan fingerprint density at radius 3 is 2.86 bits per heavy atom. The van der Waals surface area contributed by atoms with E-state index in [0.29, 0.717) is 23.5 Å². The Morgan fingerprint density at radius 2 is 2.07 bits per heavy atom. The number of hydrogen-bond acceptors (Lipinski definition) is 6. The molecule has 2 heterocycles. The number of hydrogen-bond donors (Lipinski definition) is 1. The van der Waals surface area contributed by atoms with Gasteiger partial charge in [0.1, 0.15) is 12.1 Å². The molecule has 0 unspecified atom stereocenters. The fraction of sp³-hybridized carbons (Fsp3) is 0.222. The number of nitrogens with zero attached hydrogens (tertiary/aromatic N) is 4. The second-order valence-electron chi connectivity index (χ2n) is 6.25. The van der Waals surface area contributed by atoms with Crippen LogP contribution in [0.5, 0.6) is 5.75 Å². The normalized spacial score (nSPS) is 18.4. The van der Waals surface area contributed by atoms with Gasteiger partial charge in [-0.2, -0.15) is 18.9 Å². The number of aromatic nitrogens is 3. The molecule has 10 heteroatoms. The minimum atomic E-state index is -2.95. The van der Waals surface area contributed by atoms with Gasteiger partial charge in [-0.25, -0.2) is 4.68 Å². The first kappa shape index (κ1) is 17.8. The molecule has 2 atom stereocenters. The predicted octanol–water partition coefficient (Wildman–Crippen LogP) is 3.93. The quantitative estimate of drug-likeness (QED) is 0.526. The molecule has 0 bridgehead atoms. The first-order valence-electron chi connectivity index (χ1n) is 8.47. The molecule has 3 aromatic rings. The highest BCUT2D eigenvalue weighted by Gasteiger charge is 2.32. The number of ether oxygens (including phenoxy) is 1. The number of benzene rings is 2. The molecular formula is C18H15F2N5O3. The number of nitro benzene ring substituents is 1. The number of nitro groups is 1. The maximum atomic E-state index is 12.8. The van der Waals surface area contributed by atoms with Gasteiger partial charge in [-0.1, -0.05) is 30.3 Å².